The third-order valence-corrected chi connectivity index (χ3v) is 2.80. The van der Waals surface area contributed by atoms with Crippen LogP contribution >= 0.6 is 22.6 Å². The second-order valence-corrected chi connectivity index (χ2v) is 4.08. The molecule has 2 atom stereocenters. The highest BCUT2D eigenvalue weighted by atomic mass is 127. The van der Waals surface area contributed by atoms with E-state index in [1.165, 1.54) is 0 Å². The van der Waals surface area contributed by atoms with Gasteiger partial charge in [0.2, 0.25) is 0 Å². The van der Waals surface area contributed by atoms with Crippen molar-refractivity contribution in [1.29, 1.82) is 0 Å². The number of rotatable bonds is 2. The molecule has 1 heterocycles. The zero-order valence-corrected chi connectivity index (χ0v) is 8.84. The van der Waals surface area contributed by atoms with E-state index < -0.39 is 0 Å². The van der Waals surface area contributed by atoms with Crippen molar-refractivity contribution in [2.75, 3.05) is 20.3 Å². The Bertz CT molecular complexity index is 147. The highest BCUT2D eigenvalue weighted by Crippen LogP contribution is 2.27. The number of hydrogen-bond acceptors (Lipinski definition) is 2. The predicted octanol–water partition coefficient (Wildman–Crippen LogP) is 1.99. The first-order valence-corrected chi connectivity index (χ1v) is 4.78. The molecule has 1 fully saturated rings. The summed E-state index contributed by atoms with van der Waals surface area (Å²) in [5.41, 5.74) is 0. The molecule has 0 unspecified atom stereocenters. The highest BCUT2D eigenvalue weighted by Gasteiger charge is 2.26. The molecule has 0 radical (unpaired) electrons. The molecule has 0 N–H and O–H groups in total. The molecule has 0 aliphatic carbocycles. The van der Waals surface area contributed by atoms with Gasteiger partial charge in [-0.05, 0) is 32.6 Å². The fourth-order valence-corrected chi connectivity index (χ4v) is 1.87. The molecule has 11 heavy (non-hydrogen) atoms. The second-order valence-electron chi connectivity index (χ2n) is 2.69. The van der Waals surface area contributed by atoms with Gasteiger partial charge in [-0.15, -0.1) is 0 Å². The lowest BCUT2D eigenvalue weighted by molar-refractivity contribution is -0.0400. The van der Waals surface area contributed by atoms with Crippen LogP contribution in [0.15, 0.2) is 10.2 Å². The van der Waals surface area contributed by atoms with Gasteiger partial charge < -0.3 is 9.47 Å². The Kier molecular flexibility index (Phi) is 3.81. The number of methoxy groups -OCH3 is 1. The minimum atomic E-state index is 0.313. The first kappa shape index (κ1) is 9.48. The summed E-state index contributed by atoms with van der Waals surface area (Å²) in [6.45, 7) is 5.49. The Morgan fingerprint density at radius 2 is 2.45 bits per heavy atom. The zero-order valence-electron chi connectivity index (χ0n) is 6.68. The molecule has 3 heteroatoms. The summed E-state index contributed by atoms with van der Waals surface area (Å²) >= 11 is 2.25. The summed E-state index contributed by atoms with van der Waals surface area (Å²) in [6.07, 6.45) is 1.30. The summed E-state index contributed by atoms with van der Waals surface area (Å²) in [6, 6.07) is 0. The van der Waals surface area contributed by atoms with Crippen LogP contribution < -0.4 is 0 Å². The number of ether oxygens (including phenoxy) is 2. The third-order valence-electron chi connectivity index (χ3n) is 2.00. The summed E-state index contributed by atoms with van der Waals surface area (Å²) < 4.78 is 11.8. The quantitative estimate of drug-likeness (QED) is 0.713. The molecule has 0 aromatic heterocycles. The van der Waals surface area contributed by atoms with E-state index in [2.05, 4.69) is 29.2 Å². The van der Waals surface area contributed by atoms with Crippen LogP contribution in [0.5, 0.6) is 0 Å². The van der Waals surface area contributed by atoms with Crippen molar-refractivity contribution in [3.8, 4) is 0 Å². The molecule has 0 amide bonds. The maximum Gasteiger partial charge on any atom is 0.0688 e. The van der Waals surface area contributed by atoms with Gasteiger partial charge in [0.25, 0.3) is 0 Å². The molecule has 64 valence electrons. The zero-order chi connectivity index (χ0) is 8.27. The van der Waals surface area contributed by atoms with E-state index in [4.69, 9.17) is 9.47 Å². The minimum Gasteiger partial charge on any atom is -0.381 e. The Morgan fingerprint density at radius 3 is 2.91 bits per heavy atom. The maximum atomic E-state index is 5.33. The molecule has 1 aliphatic rings. The van der Waals surface area contributed by atoms with Gasteiger partial charge in [0, 0.05) is 19.6 Å². The Hall–Kier alpha value is 0.390. The molecule has 2 nitrogen and oxygen atoms in total. The van der Waals surface area contributed by atoms with Crippen LogP contribution in [-0.4, -0.2) is 26.4 Å². The molecule has 1 rings (SSSR count). The smallest absolute Gasteiger partial charge is 0.0688 e. The fraction of sp³-hybridized carbons (Fsp3) is 0.750. The van der Waals surface area contributed by atoms with Gasteiger partial charge in [0.15, 0.2) is 0 Å². The van der Waals surface area contributed by atoms with Crippen molar-refractivity contribution in [2.24, 2.45) is 5.92 Å². The average Bonchev–Trinajstić information content (AvgIpc) is 2.04. The predicted molar refractivity (Wildman–Crippen MR) is 52.9 cm³/mol. The van der Waals surface area contributed by atoms with Crippen molar-refractivity contribution >= 4 is 22.6 Å². The van der Waals surface area contributed by atoms with E-state index in [0.717, 1.165) is 23.2 Å². The van der Waals surface area contributed by atoms with Crippen LogP contribution in [0.3, 0.4) is 0 Å². The van der Waals surface area contributed by atoms with Gasteiger partial charge in [-0.2, -0.15) is 0 Å². The minimum absolute atomic E-state index is 0.313. The fourth-order valence-electron chi connectivity index (χ4n) is 1.29. The van der Waals surface area contributed by atoms with Crippen molar-refractivity contribution in [3.63, 3.8) is 0 Å². The molecular formula is C8H13IO2. The molecular weight excluding hydrogens is 255 g/mol. The van der Waals surface area contributed by atoms with E-state index in [1.54, 1.807) is 7.11 Å². The van der Waals surface area contributed by atoms with Crippen molar-refractivity contribution in [1.82, 2.24) is 0 Å². The Labute approximate surface area is 81.1 Å². The SMILES string of the molecule is C=C(I)[C@@H]1COCC[C@H]1OC. The largest absolute Gasteiger partial charge is 0.381 e. The van der Waals surface area contributed by atoms with E-state index in [1.807, 2.05) is 0 Å². The highest BCUT2D eigenvalue weighted by molar-refractivity contribution is 14.1. The van der Waals surface area contributed by atoms with E-state index in [-0.39, 0.29) is 0 Å². The topological polar surface area (TPSA) is 18.5 Å². The van der Waals surface area contributed by atoms with Gasteiger partial charge in [-0.1, -0.05) is 6.58 Å². The van der Waals surface area contributed by atoms with E-state index >= 15 is 0 Å². The van der Waals surface area contributed by atoms with Crippen LogP contribution in [0, 0.1) is 5.92 Å². The maximum absolute atomic E-state index is 5.33. The molecule has 1 saturated heterocycles. The standard InChI is InChI=1S/C8H13IO2/c1-6(9)7-5-11-4-3-8(7)10-2/h7-8H,1,3-5H2,2H3/t7-,8+/m0/s1. The lowest BCUT2D eigenvalue weighted by Crippen LogP contribution is -2.33. The Morgan fingerprint density at radius 1 is 1.73 bits per heavy atom. The van der Waals surface area contributed by atoms with Gasteiger partial charge in [-0.3, -0.25) is 0 Å². The molecule has 0 bridgehead atoms. The molecule has 0 spiro atoms. The first-order chi connectivity index (χ1) is 5.25. The van der Waals surface area contributed by atoms with Gasteiger partial charge in [0.1, 0.15) is 0 Å². The van der Waals surface area contributed by atoms with Crippen LogP contribution in [0.4, 0.5) is 0 Å². The second kappa shape index (κ2) is 4.42. The van der Waals surface area contributed by atoms with Crippen molar-refractivity contribution < 1.29 is 9.47 Å². The summed E-state index contributed by atoms with van der Waals surface area (Å²) in [7, 11) is 1.75. The van der Waals surface area contributed by atoms with Crippen LogP contribution in [0.2, 0.25) is 0 Å². The normalized spacial score (nSPS) is 31.8. The van der Waals surface area contributed by atoms with Crippen molar-refractivity contribution in [2.45, 2.75) is 12.5 Å². The van der Waals surface area contributed by atoms with Crippen molar-refractivity contribution in [3.05, 3.63) is 10.2 Å². The van der Waals surface area contributed by atoms with E-state index in [0.29, 0.717) is 12.0 Å². The molecule has 0 aromatic rings. The third kappa shape index (κ3) is 2.42. The molecule has 0 saturated carbocycles. The van der Waals surface area contributed by atoms with E-state index in [9.17, 15) is 0 Å². The summed E-state index contributed by atoms with van der Waals surface area (Å²) in [5, 5.41) is 0. The number of hydrogen-bond donors (Lipinski definition) is 0. The average molecular weight is 268 g/mol. The monoisotopic (exact) mass is 268 g/mol. The Balaban J connectivity index is 2.51. The molecule has 0 aromatic carbocycles. The van der Waals surface area contributed by atoms with Gasteiger partial charge in [-0.25, -0.2) is 0 Å². The van der Waals surface area contributed by atoms with Crippen LogP contribution in [0.1, 0.15) is 6.42 Å². The first-order valence-electron chi connectivity index (χ1n) is 3.70. The summed E-state index contributed by atoms with van der Waals surface area (Å²) in [4.78, 5) is 0. The van der Waals surface area contributed by atoms with Gasteiger partial charge >= 0.3 is 0 Å². The molecule has 1 aliphatic heterocycles. The lowest BCUT2D eigenvalue weighted by Gasteiger charge is -2.29. The lowest BCUT2D eigenvalue weighted by atomic mass is 9.99. The van der Waals surface area contributed by atoms with Crippen LogP contribution in [-0.2, 0) is 9.47 Å². The number of halogens is 1. The van der Waals surface area contributed by atoms with Gasteiger partial charge in [0.05, 0.1) is 12.7 Å². The summed E-state index contributed by atoms with van der Waals surface area (Å²) in [5.74, 6) is 0.384. The van der Waals surface area contributed by atoms with Crippen LogP contribution in [0.25, 0.3) is 0 Å².